The summed E-state index contributed by atoms with van der Waals surface area (Å²) < 4.78 is 7.49. The van der Waals surface area contributed by atoms with Crippen LogP contribution >= 0.6 is 11.3 Å². The fourth-order valence-corrected chi connectivity index (χ4v) is 2.71. The average molecular weight is 294 g/mol. The van der Waals surface area contributed by atoms with E-state index in [0.29, 0.717) is 11.8 Å². The van der Waals surface area contributed by atoms with E-state index in [2.05, 4.69) is 18.9 Å². The topological polar surface area (TPSA) is 64.3 Å². The summed E-state index contributed by atoms with van der Waals surface area (Å²) in [4.78, 5) is 11.2. The van der Waals surface area contributed by atoms with Crippen LogP contribution in [0.25, 0.3) is 0 Å². The van der Waals surface area contributed by atoms with Gasteiger partial charge in [-0.2, -0.15) is 5.10 Å². The molecular formula is C14H18N2O3S. The average Bonchev–Trinajstić information content (AvgIpc) is 3.06. The van der Waals surface area contributed by atoms with Gasteiger partial charge in [0.1, 0.15) is 12.4 Å². The van der Waals surface area contributed by atoms with Crippen molar-refractivity contribution in [3.05, 3.63) is 34.3 Å². The molecule has 0 fully saturated rings. The van der Waals surface area contributed by atoms with E-state index in [1.807, 2.05) is 16.9 Å². The van der Waals surface area contributed by atoms with Gasteiger partial charge in [0.15, 0.2) is 4.88 Å². The Morgan fingerprint density at radius 2 is 2.20 bits per heavy atom. The van der Waals surface area contributed by atoms with Crippen molar-refractivity contribution in [1.29, 1.82) is 0 Å². The number of aromatic nitrogens is 2. The molecule has 0 bridgehead atoms. The van der Waals surface area contributed by atoms with E-state index >= 15 is 0 Å². The number of carboxylic acid groups (broad SMARTS) is 1. The summed E-state index contributed by atoms with van der Waals surface area (Å²) in [6.07, 6.45) is 4.01. The second-order valence-corrected chi connectivity index (χ2v) is 5.38. The lowest BCUT2D eigenvalue weighted by Gasteiger charge is -2.12. The predicted molar refractivity (Wildman–Crippen MR) is 77.5 cm³/mol. The molecule has 0 aliphatic heterocycles. The molecule has 0 saturated heterocycles. The number of hydrogen-bond acceptors (Lipinski definition) is 4. The SMILES string of the molecule is CCC(CC)n1ccc(COc2ccsc2C(=O)O)n1. The number of hydrogen-bond donors (Lipinski definition) is 1. The summed E-state index contributed by atoms with van der Waals surface area (Å²) in [6, 6.07) is 3.98. The van der Waals surface area contributed by atoms with Crippen LogP contribution in [-0.4, -0.2) is 20.9 Å². The van der Waals surface area contributed by atoms with Crippen molar-refractivity contribution in [2.45, 2.75) is 39.3 Å². The highest BCUT2D eigenvalue weighted by molar-refractivity contribution is 7.12. The maximum absolute atomic E-state index is 11.0. The van der Waals surface area contributed by atoms with E-state index in [9.17, 15) is 4.79 Å². The maximum atomic E-state index is 11.0. The maximum Gasteiger partial charge on any atom is 0.349 e. The van der Waals surface area contributed by atoms with Crippen LogP contribution in [0.4, 0.5) is 0 Å². The predicted octanol–water partition coefficient (Wildman–Crippen LogP) is 3.58. The van der Waals surface area contributed by atoms with Gasteiger partial charge >= 0.3 is 5.97 Å². The van der Waals surface area contributed by atoms with Gasteiger partial charge in [0, 0.05) is 6.20 Å². The van der Waals surface area contributed by atoms with Crippen LogP contribution in [0.5, 0.6) is 5.75 Å². The number of thiophene rings is 1. The second kappa shape index (κ2) is 6.56. The fourth-order valence-electron chi connectivity index (χ4n) is 2.04. The minimum atomic E-state index is -0.961. The first kappa shape index (κ1) is 14.6. The van der Waals surface area contributed by atoms with E-state index in [4.69, 9.17) is 9.84 Å². The van der Waals surface area contributed by atoms with Crippen molar-refractivity contribution < 1.29 is 14.6 Å². The zero-order chi connectivity index (χ0) is 14.5. The molecule has 0 spiro atoms. The number of nitrogens with zero attached hydrogens (tertiary/aromatic N) is 2. The van der Waals surface area contributed by atoms with Crippen molar-refractivity contribution >= 4 is 17.3 Å². The first-order valence-electron chi connectivity index (χ1n) is 6.63. The quantitative estimate of drug-likeness (QED) is 0.847. The van der Waals surface area contributed by atoms with E-state index in [-0.39, 0.29) is 11.5 Å². The van der Waals surface area contributed by atoms with Crippen LogP contribution in [0.2, 0.25) is 0 Å². The minimum absolute atomic E-state index is 0.226. The molecule has 108 valence electrons. The summed E-state index contributed by atoms with van der Waals surface area (Å²) >= 11 is 1.16. The molecule has 2 aromatic rings. The smallest absolute Gasteiger partial charge is 0.349 e. The molecule has 0 amide bonds. The molecule has 0 aliphatic carbocycles. The third kappa shape index (κ3) is 3.19. The first-order chi connectivity index (χ1) is 9.65. The molecule has 0 radical (unpaired) electrons. The Labute approximate surface area is 121 Å². The van der Waals surface area contributed by atoms with Gasteiger partial charge in [-0.3, -0.25) is 4.68 Å². The van der Waals surface area contributed by atoms with Crippen molar-refractivity contribution in [2.24, 2.45) is 0 Å². The summed E-state index contributed by atoms with van der Waals surface area (Å²) in [5.74, 6) is -0.558. The van der Waals surface area contributed by atoms with E-state index in [0.717, 1.165) is 29.9 Å². The molecule has 0 atom stereocenters. The van der Waals surface area contributed by atoms with Crippen molar-refractivity contribution in [2.75, 3.05) is 0 Å². The molecule has 20 heavy (non-hydrogen) atoms. The highest BCUT2D eigenvalue weighted by Gasteiger charge is 2.14. The number of aromatic carboxylic acids is 1. The largest absolute Gasteiger partial charge is 0.485 e. The monoisotopic (exact) mass is 294 g/mol. The summed E-state index contributed by atoms with van der Waals surface area (Å²) in [5.41, 5.74) is 0.805. The van der Waals surface area contributed by atoms with Crippen LogP contribution in [0, 0.1) is 0 Å². The molecular weight excluding hydrogens is 276 g/mol. The lowest BCUT2D eigenvalue weighted by Crippen LogP contribution is -2.08. The number of ether oxygens (including phenoxy) is 1. The molecule has 1 N–H and O–H groups in total. The molecule has 2 aromatic heterocycles. The standard InChI is InChI=1S/C14H18N2O3S/c1-3-11(4-2)16-7-5-10(15-16)9-19-12-6-8-20-13(12)14(17)18/h5-8,11H,3-4,9H2,1-2H3,(H,17,18). The highest BCUT2D eigenvalue weighted by Crippen LogP contribution is 2.25. The van der Waals surface area contributed by atoms with Crippen molar-refractivity contribution in [3.63, 3.8) is 0 Å². The molecule has 6 heteroatoms. The Morgan fingerprint density at radius 1 is 1.45 bits per heavy atom. The molecule has 2 heterocycles. The van der Waals surface area contributed by atoms with Gasteiger partial charge in [-0.15, -0.1) is 11.3 Å². The Morgan fingerprint density at radius 3 is 2.85 bits per heavy atom. The Hall–Kier alpha value is -1.82. The van der Waals surface area contributed by atoms with Gasteiger partial charge < -0.3 is 9.84 Å². The van der Waals surface area contributed by atoms with Gasteiger partial charge in [0.05, 0.1) is 11.7 Å². The Bertz CT molecular complexity index is 572. The van der Waals surface area contributed by atoms with Gasteiger partial charge in [-0.05, 0) is 30.4 Å². The van der Waals surface area contributed by atoms with Gasteiger partial charge in [0.25, 0.3) is 0 Å². The van der Waals surface area contributed by atoms with E-state index < -0.39 is 5.97 Å². The number of carboxylic acids is 1. The van der Waals surface area contributed by atoms with Crippen LogP contribution in [0.1, 0.15) is 48.1 Å². The Balaban J connectivity index is 2.01. The number of rotatable bonds is 7. The molecule has 0 saturated carbocycles. The lowest BCUT2D eigenvalue weighted by molar-refractivity contribution is 0.0697. The van der Waals surface area contributed by atoms with Crippen LogP contribution < -0.4 is 4.74 Å². The van der Waals surface area contributed by atoms with E-state index in [1.54, 1.807) is 11.4 Å². The van der Waals surface area contributed by atoms with Crippen molar-refractivity contribution in [3.8, 4) is 5.75 Å². The van der Waals surface area contributed by atoms with Crippen LogP contribution in [0.3, 0.4) is 0 Å². The van der Waals surface area contributed by atoms with Gasteiger partial charge in [-0.1, -0.05) is 13.8 Å². The van der Waals surface area contributed by atoms with Crippen LogP contribution in [0.15, 0.2) is 23.7 Å². The molecule has 5 nitrogen and oxygen atoms in total. The normalized spacial score (nSPS) is 10.9. The molecule has 0 aliphatic rings. The Kier molecular flexibility index (Phi) is 4.79. The zero-order valence-electron chi connectivity index (χ0n) is 11.6. The van der Waals surface area contributed by atoms with Crippen molar-refractivity contribution in [1.82, 2.24) is 9.78 Å². The summed E-state index contributed by atoms with van der Waals surface area (Å²) in [5, 5.41) is 15.2. The summed E-state index contributed by atoms with van der Waals surface area (Å²) in [7, 11) is 0. The van der Waals surface area contributed by atoms with Gasteiger partial charge in [-0.25, -0.2) is 4.79 Å². The fraction of sp³-hybridized carbons (Fsp3) is 0.429. The van der Waals surface area contributed by atoms with Gasteiger partial charge in [0.2, 0.25) is 0 Å². The molecule has 0 unspecified atom stereocenters. The third-order valence-electron chi connectivity index (χ3n) is 3.18. The second-order valence-electron chi connectivity index (χ2n) is 4.47. The lowest BCUT2D eigenvalue weighted by atomic mass is 10.2. The number of carbonyl (C=O) groups is 1. The zero-order valence-corrected chi connectivity index (χ0v) is 12.4. The third-order valence-corrected chi connectivity index (χ3v) is 4.06. The first-order valence-corrected chi connectivity index (χ1v) is 7.51. The summed E-state index contributed by atoms with van der Waals surface area (Å²) in [6.45, 7) is 4.55. The molecule has 2 rings (SSSR count). The minimum Gasteiger partial charge on any atom is -0.485 e. The van der Waals surface area contributed by atoms with Crippen LogP contribution in [-0.2, 0) is 6.61 Å². The molecule has 0 aromatic carbocycles. The highest BCUT2D eigenvalue weighted by atomic mass is 32.1. The van der Waals surface area contributed by atoms with E-state index in [1.165, 1.54) is 0 Å².